The van der Waals surface area contributed by atoms with E-state index in [-0.39, 0.29) is 165 Å². The fraction of sp³-hybridized carbons (Fsp3) is 0.836. The molecule has 18 saturated carbocycles. The van der Waals surface area contributed by atoms with Crippen LogP contribution in [0.3, 0.4) is 0 Å². The molecule has 0 bridgehead atoms. The lowest BCUT2D eigenvalue weighted by molar-refractivity contribution is -0.113. The second kappa shape index (κ2) is 38.1. The summed E-state index contributed by atoms with van der Waals surface area (Å²) in [6, 6.07) is 0. The van der Waals surface area contributed by atoms with Gasteiger partial charge in [-0.3, -0.25) is 0 Å². The van der Waals surface area contributed by atoms with Crippen molar-refractivity contribution < 1.29 is 91.9 Å². The van der Waals surface area contributed by atoms with Gasteiger partial charge in [0.05, 0.1) is 85.5 Å². The van der Waals surface area contributed by atoms with Gasteiger partial charge in [-0.05, 0) is 420 Å². The molecule has 0 spiro atoms. The van der Waals surface area contributed by atoms with E-state index in [1.165, 1.54) is 33.4 Å². The first-order valence-corrected chi connectivity index (χ1v) is 56.7. The van der Waals surface area contributed by atoms with Gasteiger partial charge in [-0.2, -0.15) is 0 Å². The molecule has 140 heavy (non-hydrogen) atoms. The van der Waals surface area contributed by atoms with Crippen molar-refractivity contribution >= 4 is 0 Å². The molecule has 18 heteroatoms. The third-order valence-electron chi connectivity index (χ3n) is 48.4. The number of fused-ring (bicyclic) bond motifs is 30. The number of aliphatic hydroxyl groups excluding tert-OH is 14. The zero-order chi connectivity index (χ0) is 100. The molecular formula is C122H180O18. The molecule has 24 aliphatic rings. The normalized spacial score (nSPS) is 56.8. The Hall–Kier alpha value is -4.04. The van der Waals surface area contributed by atoms with Crippen LogP contribution in [0.25, 0.3) is 0 Å². The van der Waals surface area contributed by atoms with Crippen LogP contribution in [-0.2, 0) is 0 Å². The first-order valence-electron chi connectivity index (χ1n) is 56.7. The Kier molecular flexibility index (Phi) is 28.5. The molecule has 0 saturated heterocycles. The van der Waals surface area contributed by atoms with Gasteiger partial charge in [-0.1, -0.05) is 177 Å². The highest BCUT2D eigenvalue weighted by Gasteiger charge is 2.72. The average Bonchev–Trinajstić information content (AvgIpc) is 1.54. The average molecular weight is 1930 g/mol. The van der Waals surface area contributed by atoms with Crippen LogP contribution < -0.4 is 0 Å². The van der Waals surface area contributed by atoms with Crippen LogP contribution in [0.1, 0.15) is 314 Å². The molecule has 24 rings (SSSR count). The maximum atomic E-state index is 11.2. The second-order valence-corrected chi connectivity index (χ2v) is 54.1. The first-order chi connectivity index (χ1) is 66.1. The molecule has 776 valence electrons. The van der Waals surface area contributed by atoms with Gasteiger partial charge in [0.1, 0.15) is 22.4 Å². The smallest absolute Gasteiger partial charge is 0.133 e. The zero-order valence-electron chi connectivity index (χ0n) is 86.7. The number of rotatable bonds is 0. The van der Waals surface area contributed by atoms with Gasteiger partial charge in [0.25, 0.3) is 0 Å². The summed E-state index contributed by atoms with van der Waals surface area (Å²) in [6.45, 7) is 25.7. The molecule has 24 aliphatic carbocycles. The van der Waals surface area contributed by atoms with Crippen molar-refractivity contribution in [1.29, 1.82) is 0 Å². The molecule has 0 aromatic heterocycles. The van der Waals surface area contributed by atoms with Crippen molar-refractivity contribution in [1.82, 2.24) is 0 Å². The zero-order valence-corrected chi connectivity index (χ0v) is 86.7. The third-order valence-corrected chi connectivity index (χ3v) is 48.4. The molecular weight excluding hydrogens is 1750 g/mol. The molecule has 0 aromatic carbocycles. The van der Waals surface area contributed by atoms with E-state index in [2.05, 4.69) is 119 Å². The molecule has 0 amide bonds. The van der Waals surface area contributed by atoms with Crippen LogP contribution in [0.4, 0.5) is 0 Å². The Morgan fingerprint density at radius 2 is 0.407 bits per heavy atom. The SMILES string of the molecule is C#C[C@@]1(O)[C@H](C)CC2C3C(CC[C@@]21C)[C@H]1CC[C@@H](O)CC1=C[C@@H]3O.C#C[C@@]1(O)[C@H](C)CC2C3C(CC[C@@]21C)[C@H]1CC[C@H](O)CC1=C[C@@H]3O.C#C[C@]1(O)[C@H](C)CC2C3C(CC[C@@]21C)[C@H]1CC[C@@H](O)CC1=C[C@@H]3O.C#C[C@]1(O)[C@H](C)CC2C3C(CC[C@@]21C)[C@H]1CC[C@H](O)CC1=C[C@@H]3O.C[C@@H]1CC2C3C(CC[C@]2(C)[C@@H]1O)[C@H]1CC[C@@H](O)CC1=C[C@@H]3O.C[C@@H]1CC2C3C(CC[C@]2(C)[C@@H]1O)[C@H]1CC[C@H](O)CC1=C[C@@H]3O. The Bertz CT molecular complexity index is 4430. The minimum atomic E-state index is -1.06. The van der Waals surface area contributed by atoms with E-state index in [0.717, 1.165) is 231 Å². The Morgan fingerprint density at radius 1 is 0.236 bits per heavy atom. The molecule has 0 aliphatic heterocycles. The molecule has 0 heterocycles. The van der Waals surface area contributed by atoms with Crippen LogP contribution in [0.5, 0.6) is 0 Å². The fourth-order valence-electron chi connectivity index (χ4n) is 41.0. The minimum absolute atomic E-state index is 0.0128. The third kappa shape index (κ3) is 16.2. The number of hydrogen-bond donors (Lipinski definition) is 18. The molecule has 18 nitrogen and oxygen atoms in total. The fourth-order valence-corrected chi connectivity index (χ4v) is 41.0. The molecule has 54 atom stereocenters. The highest BCUT2D eigenvalue weighted by atomic mass is 16.3. The maximum Gasteiger partial charge on any atom is 0.133 e. The molecule has 18 fully saturated rings. The summed E-state index contributed by atoms with van der Waals surface area (Å²) in [4.78, 5) is 0. The summed E-state index contributed by atoms with van der Waals surface area (Å²) in [6.07, 6.45) is 64.7. The number of terminal acetylenes is 4. The van der Waals surface area contributed by atoms with Crippen molar-refractivity contribution in [2.24, 2.45) is 210 Å². The molecule has 0 radical (unpaired) electrons. The summed E-state index contributed by atoms with van der Waals surface area (Å²) in [5.41, 5.74) is 2.21. The summed E-state index contributed by atoms with van der Waals surface area (Å²) < 4.78 is 0. The maximum absolute atomic E-state index is 11.2. The van der Waals surface area contributed by atoms with E-state index >= 15 is 0 Å². The first kappa shape index (κ1) is 104. The van der Waals surface area contributed by atoms with Crippen LogP contribution in [0.15, 0.2) is 69.9 Å². The van der Waals surface area contributed by atoms with E-state index in [1.807, 2.05) is 24.3 Å². The van der Waals surface area contributed by atoms with Crippen LogP contribution in [0, 0.1) is 259 Å². The van der Waals surface area contributed by atoms with E-state index in [9.17, 15) is 91.9 Å². The van der Waals surface area contributed by atoms with Crippen LogP contribution >= 0.6 is 0 Å². The van der Waals surface area contributed by atoms with Gasteiger partial charge in [-0.25, -0.2) is 0 Å². The van der Waals surface area contributed by atoms with Gasteiger partial charge in [-0.15, -0.1) is 25.7 Å². The predicted octanol–water partition coefficient (Wildman–Crippen LogP) is 15.0. The van der Waals surface area contributed by atoms with Gasteiger partial charge >= 0.3 is 0 Å². The Morgan fingerprint density at radius 3 is 0.586 bits per heavy atom. The monoisotopic (exact) mass is 1930 g/mol. The van der Waals surface area contributed by atoms with Crippen LogP contribution in [0.2, 0.25) is 0 Å². The summed E-state index contributed by atoms with van der Waals surface area (Å²) in [5.74, 6) is 21.4. The largest absolute Gasteiger partial charge is 0.393 e. The van der Waals surface area contributed by atoms with Crippen molar-refractivity contribution in [3.8, 4) is 49.4 Å². The number of aliphatic hydroxyl groups is 18. The van der Waals surface area contributed by atoms with Crippen molar-refractivity contribution in [3.63, 3.8) is 0 Å². The van der Waals surface area contributed by atoms with E-state index in [4.69, 9.17) is 25.7 Å². The highest BCUT2D eigenvalue weighted by Crippen LogP contribution is 2.73. The van der Waals surface area contributed by atoms with Crippen molar-refractivity contribution in [2.45, 2.75) is 422 Å². The van der Waals surface area contributed by atoms with E-state index in [1.54, 1.807) is 0 Å². The Labute approximate surface area is 838 Å². The lowest BCUT2D eigenvalue weighted by Crippen LogP contribution is -2.55. The number of hydrogen-bond acceptors (Lipinski definition) is 18. The van der Waals surface area contributed by atoms with E-state index in [0.29, 0.717) is 107 Å². The van der Waals surface area contributed by atoms with Crippen LogP contribution in [-0.4, -0.2) is 200 Å². The van der Waals surface area contributed by atoms with E-state index < -0.39 is 46.8 Å². The van der Waals surface area contributed by atoms with Gasteiger partial charge in [0.2, 0.25) is 0 Å². The highest BCUT2D eigenvalue weighted by molar-refractivity contribution is 5.36. The van der Waals surface area contributed by atoms with Crippen molar-refractivity contribution in [2.75, 3.05) is 0 Å². The summed E-state index contributed by atoms with van der Waals surface area (Å²) in [5, 5.41) is 191. The summed E-state index contributed by atoms with van der Waals surface area (Å²) in [7, 11) is 0. The quantitative estimate of drug-likeness (QED) is 0.0791. The van der Waals surface area contributed by atoms with Gasteiger partial charge in [0.15, 0.2) is 0 Å². The van der Waals surface area contributed by atoms with Gasteiger partial charge in [0, 0.05) is 21.7 Å². The standard InChI is InChI=1S/4C21H30O3.2C19H30O3/c4*1-4-21(24)12(2)9-17-19-16(7-8-20(17,21)3)15-6-5-14(22)10-13(15)11-18(19)23;2*1-10-7-15-17-14(5-6-19(15,2)18(10)22)13-4-3-12(20)8-11(13)9-16(17)21/h4*1,11-12,14-19,22-24H,5-10H2,2-3H3;2*9-10,12-18,20-22H,3-8H2,1-2H3/t12-,14+,15+,16?,17?,18+,19?,20+,21+;12-,14+,15+,16?,17?,18+,19?,20+,21-;12-,14-,15+,16?,17?,18+,19?,20+,21+;12-,14-,15+,16?,17?,18+,19?,20+,21-;10-,12+,13+,14?,15?,16+,17?,18-,19+;10-,12-,13+,14?,15?,16+,17?,18-,19+/m111111/s1. The molecule has 18 N–H and O–H groups in total. The Balaban J connectivity index is 0.000000107. The lowest BCUT2D eigenvalue weighted by Gasteiger charge is -2.55. The van der Waals surface area contributed by atoms with Crippen molar-refractivity contribution in [3.05, 3.63) is 69.9 Å². The predicted molar refractivity (Wildman–Crippen MR) is 541 cm³/mol. The molecule has 0 aromatic rings. The second-order valence-electron chi connectivity index (χ2n) is 54.1. The lowest BCUT2D eigenvalue weighted by atomic mass is 9.50. The van der Waals surface area contributed by atoms with Gasteiger partial charge < -0.3 is 91.9 Å². The topological polar surface area (TPSA) is 364 Å². The molecule has 18 unspecified atom stereocenters. The minimum Gasteiger partial charge on any atom is -0.393 e. The summed E-state index contributed by atoms with van der Waals surface area (Å²) >= 11 is 0.